The zero-order valence-electron chi connectivity index (χ0n) is 12.8. The number of aromatic hydroxyl groups is 1. The van der Waals surface area contributed by atoms with Crippen molar-refractivity contribution in [1.29, 1.82) is 0 Å². The molecule has 1 atom stereocenters. The van der Waals surface area contributed by atoms with E-state index < -0.39 is 0 Å². The Balaban J connectivity index is 1.91. The lowest BCUT2D eigenvalue weighted by atomic mass is 10.1. The number of phenols is 1. The molecular formula is C16H24N2O3. The van der Waals surface area contributed by atoms with Crippen LogP contribution < -0.4 is 10.1 Å². The lowest BCUT2D eigenvalue weighted by Gasteiger charge is -2.27. The third kappa shape index (κ3) is 4.11. The third-order valence-corrected chi connectivity index (χ3v) is 3.97. The van der Waals surface area contributed by atoms with Gasteiger partial charge in [0.1, 0.15) is 11.5 Å². The lowest BCUT2D eigenvalue weighted by Crippen LogP contribution is -2.41. The summed E-state index contributed by atoms with van der Waals surface area (Å²) >= 11 is 0. The fraction of sp³-hybridized carbons (Fsp3) is 0.562. The predicted octanol–water partition coefficient (Wildman–Crippen LogP) is 2.06. The van der Waals surface area contributed by atoms with Gasteiger partial charge >= 0.3 is 0 Å². The standard InChI is InChI=1S/C16H24N2O3/c1-12(14-10-13(21-2)6-7-15(14)19)17-11-16(20)18-8-4-3-5-9-18/h6-7,10,12,17,19H,3-5,8-9,11H2,1-2H3. The Morgan fingerprint density at radius 1 is 1.38 bits per heavy atom. The molecule has 0 bridgehead atoms. The fourth-order valence-corrected chi connectivity index (χ4v) is 2.61. The van der Waals surface area contributed by atoms with Crippen molar-refractivity contribution in [1.82, 2.24) is 10.2 Å². The van der Waals surface area contributed by atoms with Gasteiger partial charge in [-0.1, -0.05) is 0 Å². The Morgan fingerprint density at radius 3 is 2.76 bits per heavy atom. The van der Waals surface area contributed by atoms with Crippen molar-refractivity contribution in [3.05, 3.63) is 23.8 Å². The number of ether oxygens (including phenoxy) is 1. The molecule has 0 saturated carbocycles. The smallest absolute Gasteiger partial charge is 0.236 e. The van der Waals surface area contributed by atoms with Gasteiger partial charge in [-0.3, -0.25) is 4.79 Å². The number of carbonyl (C=O) groups is 1. The summed E-state index contributed by atoms with van der Waals surface area (Å²) in [4.78, 5) is 14.0. The second kappa shape index (κ2) is 7.31. The number of hydrogen-bond acceptors (Lipinski definition) is 4. The summed E-state index contributed by atoms with van der Waals surface area (Å²) in [5.41, 5.74) is 0.737. The van der Waals surface area contributed by atoms with Crippen molar-refractivity contribution in [2.45, 2.75) is 32.2 Å². The van der Waals surface area contributed by atoms with Crippen LogP contribution in [0.5, 0.6) is 11.5 Å². The molecule has 1 amide bonds. The molecule has 0 aromatic heterocycles. The number of carbonyl (C=O) groups excluding carboxylic acids is 1. The van der Waals surface area contributed by atoms with Crippen LogP contribution in [0.15, 0.2) is 18.2 Å². The van der Waals surface area contributed by atoms with Crippen LogP contribution in [0.2, 0.25) is 0 Å². The number of likely N-dealkylation sites (tertiary alicyclic amines) is 1. The normalized spacial score (nSPS) is 16.6. The number of amides is 1. The fourth-order valence-electron chi connectivity index (χ4n) is 2.61. The first-order valence-corrected chi connectivity index (χ1v) is 7.50. The number of phenolic OH excluding ortho intramolecular Hbond substituents is 1. The summed E-state index contributed by atoms with van der Waals surface area (Å²) in [6.07, 6.45) is 3.40. The monoisotopic (exact) mass is 292 g/mol. The van der Waals surface area contributed by atoms with Crippen molar-refractivity contribution < 1.29 is 14.6 Å². The summed E-state index contributed by atoms with van der Waals surface area (Å²) in [5.74, 6) is 1.03. The first-order chi connectivity index (χ1) is 10.1. The van der Waals surface area contributed by atoms with E-state index in [9.17, 15) is 9.90 Å². The molecule has 1 heterocycles. The highest BCUT2D eigenvalue weighted by atomic mass is 16.5. The second-order valence-electron chi connectivity index (χ2n) is 5.47. The van der Waals surface area contributed by atoms with E-state index in [1.807, 2.05) is 11.8 Å². The number of methoxy groups -OCH3 is 1. The lowest BCUT2D eigenvalue weighted by molar-refractivity contribution is -0.131. The molecule has 2 N–H and O–H groups in total. The number of nitrogens with one attached hydrogen (secondary N) is 1. The molecule has 1 aromatic rings. The zero-order valence-corrected chi connectivity index (χ0v) is 12.8. The predicted molar refractivity (Wildman–Crippen MR) is 81.5 cm³/mol. The largest absolute Gasteiger partial charge is 0.508 e. The zero-order chi connectivity index (χ0) is 15.2. The van der Waals surface area contributed by atoms with Crippen LogP contribution in [0.25, 0.3) is 0 Å². The third-order valence-electron chi connectivity index (χ3n) is 3.97. The molecule has 1 saturated heterocycles. The SMILES string of the molecule is COc1ccc(O)c(C(C)NCC(=O)N2CCCCC2)c1. The van der Waals surface area contributed by atoms with E-state index in [2.05, 4.69) is 5.32 Å². The van der Waals surface area contributed by atoms with Crippen LogP contribution in [0, 0.1) is 0 Å². The van der Waals surface area contributed by atoms with Gasteiger partial charge in [-0.05, 0) is 44.4 Å². The van der Waals surface area contributed by atoms with E-state index in [1.165, 1.54) is 6.42 Å². The van der Waals surface area contributed by atoms with Gasteiger partial charge in [-0.25, -0.2) is 0 Å². The van der Waals surface area contributed by atoms with Crippen LogP contribution in [0.3, 0.4) is 0 Å². The molecule has 1 unspecified atom stereocenters. The number of piperidine rings is 1. The van der Waals surface area contributed by atoms with Crippen molar-refractivity contribution in [3.8, 4) is 11.5 Å². The van der Waals surface area contributed by atoms with E-state index in [-0.39, 0.29) is 24.2 Å². The molecule has 5 heteroatoms. The Bertz CT molecular complexity index is 484. The summed E-state index contributed by atoms with van der Waals surface area (Å²) in [6.45, 7) is 3.94. The van der Waals surface area contributed by atoms with Crippen molar-refractivity contribution in [2.75, 3.05) is 26.7 Å². The first kappa shape index (κ1) is 15.6. The van der Waals surface area contributed by atoms with E-state index in [0.29, 0.717) is 5.75 Å². The van der Waals surface area contributed by atoms with Crippen molar-refractivity contribution in [2.24, 2.45) is 0 Å². The van der Waals surface area contributed by atoms with E-state index in [4.69, 9.17) is 4.74 Å². The summed E-state index contributed by atoms with van der Waals surface area (Å²) in [6, 6.07) is 5.00. The van der Waals surface area contributed by atoms with Crippen LogP contribution >= 0.6 is 0 Å². The molecule has 2 rings (SSSR count). The maximum atomic E-state index is 12.1. The average molecular weight is 292 g/mol. The molecule has 1 aliphatic heterocycles. The molecule has 5 nitrogen and oxygen atoms in total. The second-order valence-corrected chi connectivity index (χ2v) is 5.47. The Morgan fingerprint density at radius 2 is 2.10 bits per heavy atom. The van der Waals surface area contributed by atoms with Crippen molar-refractivity contribution >= 4 is 5.91 Å². The maximum absolute atomic E-state index is 12.1. The van der Waals surface area contributed by atoms with Crippen molar-refractivity contribution in [3.63, 3.8) is 0 Å². The minimum Gasteiger partial charge on any atom is -0.508 e. The number of rotatable bonds is 5. The van der Waals surface area contributed by atoms with Gasteiger partial charge in [0.25, 0.3) is 0 Å². The highest BCUT2D eigenvalue weighted by Gasteiger charge is 2.18. The summed E-state index contributed by atoms with van der Waals surface area (Å²) in [7, 11) is 1.59. The minimum absolute atomic E-state index is 0.117. The minimum atomic E-state index is -0.117. The number of benzene rings is 1. The van der Waals surface area contributed by atoms with Crippen LogP contribution in [0.1, 0.15) is 37.8 Å². The summed E-state index contributed by atoms with van der Waals surface area (Å²) < 4.78 is 5.17. The van der Waals surface area contributed by atoms with Gasteiger partial charge in [0.2, 0.25) is 5.91 Å². The average Bonchev–Trinajstić information content (AvgIpc) is 2.53. The van der Waals surface area contributed by atoms with Crippen LogP contribution in [-0.4, -0.2) is 42.7 Å². The molecule has 1 aliphatic rings. The maximum Gasteiger partial charge on any atom is 0.236 e. The molecule has 1 fully saturated rings. The molecule has 0 radical (unpaired) electrons. The van der Waals surface area contributed by atoms with Gasteiger partial charge in [-0.2, -0.15) is 0 Å². The molecule has 21 heavy (non-hydrogen) atoms. The Hall–Kier alpha value is -1.75. The number of hydrogen-bond donors (Lipinski definition) is 2. The van der Waals surface area contributed by atoms with Crippen LogP contribution in [0.4, 0.5) is 0 Å². The topological polar surface area (TPSA) is 61.8 Å². The highest BCUT2D eigenvalue weighted by Crippen LogP contribution is 2.28. The molecule has 0 aliphatic carbocycles. The van der Waals surface area contributed by atoms with Gasteiger partial charge in [0.15, 0.2) is 0 Å². The summed E-state index contributed by atoms with van der Waals surface area (Å²) in [5, 5.41) is 13.1. The van der Waals surface area contributed by atoms with E-state index in [1.54, 1.807) is 25.3 Å². The molecule has 0 spiro atoms. The van der Waals surface area contributed by atoms with Gasteiger partial charge < -0.3 is 20.1 Å². The van der Waals surface area contributed by atoms with Gasteiger partial charge in [0.05, 0.1) is 13.7 Å². The molecule has 1 aromatic carbocycles. The quantitative estimate of drug-likeness (QED) is 0.872. The number of nitrogens with zero attached hydrogens (tertiary/aromatic N) is 1. The van der Waals surface area contributed by atoms with E-state index in [0.717, 1.165) is 31.5 Å². The molecule has 116 valence electrons. The highest BCUT2D eigenvalue weighted by molar-refractivity contribution is 5.78. The Labute approximate surface area is 125 Å². The van der Waals surface area contributed by atoms with Gasteiger partial charge in [-0.15, -0.1) is 0 Å². The van der Waals surface area contributed by atoms with E-state index >= 15 is 0 Å². The molecular weight excluding hydrogens is 268 g/mol. The van der Waals surface area contributed by atoms with Crippen LogP contribution in [-0.2, 0) is 4.79 Å². The Kier molecular flexibility index (Phi) is 5.44. The first-order valence-electron chi connectivity index (χ1n) is 7.50. The van der Waals surface area contributed by atoms with Gasteiger partial charge in [0, 0.05) is 24.7 Å².